The zero-order valence-electron chi connectivity index (χ0n) is 7.98. The van der Waals surface area contributed by atoms with Crippen molar-refractivity contribution in [2.24, 2.45) is 0 Å². The number of ether oxygens (including phenoxy) is 3. The number of hydrogen-bond donors (Lipinski definition) is 1. The van der Waals surface area contributed by atoms with Gasteiger partial charge in [-0.15, -0.1) is 0 Å². The van der Waals surface area contributed by atoms with Gasteiger partial charge in [-0.25, -0.2) is 4.39 Å². The largest absolute Gasteiger partial charge is 0.505 e. The molecule has 1 atom stereocenters. The molecule has 2 rings (SSSR count). The zero-order chi connectivity index (χ0) is 10.7. The highest BCUT2D eigenvalue weighted by Crippen LogP contribution is 2.22. The Balaban J connectivity index is 2.00. The van der Waals surface area contributed by atoms with Gasteiger partial charge in [0, 0.05) is 6.07 Å². The first-order valence-corrected chi connectivity index (χ1v) is 4.60. The van der Waals surface area contributed by atoms with Crippen LogP contribution >= 0.6 is 0 Å². The van der Waals surface area contributed by atoms with Crippen molar-refractivity contribution in [3.05, 3.63) is 24.0 Å². The third kappa shape index (κ3) is 2.57. The first-order valence-electron chi connectivity index (χ1n) is 4.60. The van der Waals surface area contributed by atoms with Crippen molar-refractivity contribution < 1.29 is 23.7 Å². The molecule has 82 valence electrons. The van der Waals surface area contributed by atoms with Crippen LogP contribution < -0.4 is 4.74 Å². The molecule has 1 aliphatic rings. The van der Waals surface area contributed by atoms with E-state index in [1.807, 2.05) is 0 Å². The van der Waals surface area contributed by atoms with Crippen molar-refractivity contribution in [1.29, 1.82) is 0 Å². The van der Waals surface area contributed by atoms with Gasteiger partial charge in [0.1, 0.15) is 12.4 Å². The fourth-order valence-corrected chi connectivity index (χ4v) is 1.25. The predicted octanol–water partition coefficient (Wildman–Crippen LogP) is 1.28. The topological polar surface area (TPSA) is 47.9 Å². The number of hydrogen-bond acceptors (Lipinski definition) is 4. The number of halogens is 1. The SMILES string of the molecule is Oc1ccc(O[C@@H]2COCCO2)cc1F. The highest BCUT2D eigenvalue weighted by Gasteiger charge is 2.16. The summed E-state index contributed by atoms with van der Waals surface area (Å²) in [6, 6.07) is 3.80. The molecule has 5 heteroatoms. The van der Waals surface area contributed by atoms with E-state index in [-0.39, 0.29) is 0 Å². The van der Waals surface area contributed by atoms with Crippen LogP contribution in [0.2, 0.25) is 0 Å². The molecule has 1 fully saturated rings. The van der Waals surface area contributed by atoms with Crippen LogP contribution in [-0.2, 0) is 9.47 Å². The molecule has 1 aromatic rings. The van der Waals surface area contributed by atoms with E-state index in [2.05, 4.69) is 0 Å². The molecule has 15 heavy (non-hydrogen) atoms. The van der Waals surface area contributed by atoms with Gasteiger partial charge in [-0.3, -0.25) is 0 Å². The van der Waals surface area contributed by atoms with E-state index < -0.39 is 17.9 Å². The summed E-state index contributed by atoms with van der Waals surface area (Å²) in [5.41, 5.74) is 0. The molecular weight excluding hydrogens is 203 g/mol. The number of phenolic OH excluding ortho intramolecular Hbond substituents is 1. The Morgan fingerprint density at radius 2 is 2.27 bits per heavy atom. The molecule has 1 aliphatic heterocycles. The van der Waals surface area contributed by atoms with E-state index in [1.165, 1.54) is 12.1 Å². The van der Waals surface area contributed by atoms with Crippen molar-refractivity contribution in [3.8, 4) is 11.5 Å². The van der Waals surface area contributed by atoms with Crippen LogP contribution in [0.4, 0.5) is 4.39 Å². The van der Waals surface area contributed by atoms with Crippen LogP contribution in [-0.4, -0.2) is 31.2 Å². The smallest absolute Gasteiger partial charge is 0.223 e. The van der Waals surface area contributed by atoms with E-state index in [4.69, 9.17) is 19.3 Å². The molecular formula is C10H11FO4. The highest BCUT2D eigenvalue weighted by molar-refractivity contribution is 5.32. The molecule has 0 aliphatic carbocycles. The van der Waals surface area contributed by atoms with E-state index in [0.29, 0.717) is 25.6 Å². The van der Waals surface area contributed by atoms with E-state index in [0.717, 1.165) is 6.07 Å². The van der Waals surface area contributed by atoms with Crippen LogP contribution in [0, 0.1) is 5.82 Å². The maximum Gasteiger partial charge on any atom is 0.223 e. The third-order valence-corrected chi connectivity index (χ3v) is 1.97. The van der Waals surface area contributed by atoms with Crippen molar-refractivity contribution >= 4 is 0 Å². The fraction of sp³-hybridized carbons (Fsp3) is 0.400. The Morgan fingerprint density at radius 3 is 2.93 bits per heavy atom. The lowest BCUT2D eigenvalue weighted by atomic mass is 10.3. The maximum atomic E-state index is 12.9. The lowest BCUT2D eigenvalue weighted by Crippen LogP contribution is -2.33. The predicted molar refractivity (Wildman–Crippen MR) is 49.3 cm³/mol. The molecule has 0 unspecified atom stereocenters. The first kappa shape index (κ1) is 10.2. The van der Waals surface area contributed by atoms with Crippen molar-refractivity contribution in [2.45, 2.75) is 6.29 Å². The molecule has 4 nitrogen and oxygen atoms in total. The lowest BCUT2D eigenvalue weighted by molar-refractivity contribution is -0.170. The number of benzene rings is 1. The summed E-state index contributed by atoms with van der Waals surface area (Å²) in [7, 11) is 0. The van der Waals surface area contributed by atoms with Gasteiger partial charge in [-0.1, -0.05) is 0 Å². The van der Waals surface area contributed by atoms with Crippen molar-refractivity contribution in [1.82, 2.24) is 0 Å². The third-order valence-electron chi connectivity index (χ3n) is 1.97. The Bertz CT molecular complexity index is 336. The first-order chi connectivity index (χ1) is 7.25. The molecule has 1 saturated heterocycles. The molecule has 0 bridgehead atoms. The minimum absolute atomic E-state index is 0.306. The molecule has 1 N–H and O–H groups in total. The van der Waals surface area contributed by atoms with Crippen LogP contribution in [0.15, 0.2) is 18.2 Å². The van der Waals surface area contributed by atoms with Crippen LogP contribution in [0.3, 0.4) is 0 Å². The fourth-order valence-electron chi connectivity index (χ4n) is 1.25. The summed E-state index contributed by atoms with van der Waals surface area (Å²) in [5.74, 6) is -0.812. The van der Waals surface area contributed by atoms with Gasteiger partial charge in [-0.2, -0.15) is 0 Å². The molecule has 0 spiro atoms. The molecule has 0 amide bonds. The van der Waals surface area contributed by atoms with Gasteiger partial charge >= 0.3 is 0 Å². The summed E-state index contributed by atoms with van der Waals surface area (Å²) < 4.78 is 28.6. The Morgan fingerprint density at radius 1 is 1.40 bits per heavy atom. The zero-order valence-corrected chi connectivity index (χ0v) is 7.98. The average molecular weight is 214 g/mol. The summed E-state index contributed by atoms with van der Waals surface area (Å²) in [6.45, 7) is 1.33. The van der Waals surface area contributed by atoms with Crippen LogP contribution in [0.25, 0.3) is 0 Å². The molecule has 0 saturated carbocycles. The Hall–Kier alpha value is -1.33. The van der Waals surface area contributed by atoms with E-state index >= 15 is 0 Å². The average Bonchev–Trinajstić information content (AvgIpc) is 2.25. The Labute approximate surface area is 86.2 Å². The van der Waals surface area contributed by atoms with Gasteiger partial charge in [0.25, 0.3) is 0 Å². The van der Waals surface area contributed by atoms with Gasteiger partial charge in [0.05, 0.1) is 13.2 Å². The molecule has 1 heterocycles. The quantitative estimate of drug-likeness (QED) is 0.805. The lowest BCUT2D eigenvalue weighted by Gasteiger charge is -2.23. The van der Waals surface area contributed by atoms with Crippen LogP contribution in [0.1, 0.15) is 0 Å². The highest BCUT2D eigenvalue weighted by atomic mass is 19.1. The monoisotopic (exact) mass is 214 g/mol. The van der Waals surface area contributed by atoms with Crippen molar-refractivity contribution in [3.63, 3.8) is 0 Å². The number of aromatic hydroxyl groups is 1. The normalized spacial score (nSPS) is 21.3. The molecule has 0 radical (unpaired) electrons. The summed E-state index contributed by atoms with van der Waals surface area (Å²) in [4.78, 5) is 0. The number of rotatable bonds is 2. The summed E-state index contributed by atoms with van der Waals surface area (Å²) in [6.07, 6.45) is -0.511. The van der Waals surface area contributed by atoms with Gasteiger partial charge in [-0.05, 0) is 12.1 Å². The summed E-state index contributed by atoms with van der Waals surface area (Å²) >= 11 is 0. The van der Waals surface area contributed by atoms with Gasteiger partial charge < -0.3 is 19.3 Å². The van der Waals surface area contributed by atoms with Crippen LogP contribution in [0.5, 0.6) is 11.5 Å². The second kappa shape index (κ2) is 4.46. The second-order valence-electron chi connectivity index (χ2n) is 3.11. The maximum absolute atomic E-state index is 12.9. The number of phenols is 1. The summed E-state index contributed by atoms with van der Waals surface area (Å²) in [5, 5.41) is 8.96. The molecule has 0 aromatic heterocycles. The Kier molecular flexibility index (Phi) is 3.03. The molecule has 1 aromatic carbocycles. The van der Waals surface area contributed by atoms with Gasteiger partial charge in [0.15, 0.2) is 11.6 Å². The van der Waals surface area contributed by atoms with Gasteiger partial charge in [0.2, 0.25) is 6.29 Å². The minimum atomic E-state index is -0.718. The minimum Gasteiger partial charge on any atom is -0.505 e. The van der Waals surface area contributed by atoms with E-state index in [1.54, 1.807) is 0 Å². The van der Waals surface area contributed by atoms with Crippen molar-refractivity contribution in [2.75, 3.05) is 19.8 Å². The standard InChI is InChI=1S/C10H11FO4/c11-8-5-7(1-2-9(8)12)15-10-6-13-3-4-14-10/h1-2,5,10,12H,3-4,6H2/t10-/m1/s1. The van der Waals surface area contributed by atoms with E-state index in [9.17, 15) is 4.39 Å². The second-order valence-corrected chi connectivity index (χ2v) is 3.11.